The third-order valence-corrected chi connectivity index (χ3v) is 5.99. The molecule has 0 atom stereocenters. The van der Waals surface area contributed by atoms with Crippen molar-refractivity contribution in [2.75, 3.05) is 20.8 Å². The second-order valence-corrected chi connectivity index (χ2v) is 8.47. The molecule has 9 heteroatoms. The summed E-state index contributed by atoms with van der Waals surface area (Å²) in [5, 5.41) is 6.00. The Kier molecular flexibility index (Phi) is 5.43. The van der Waals surface area contributed by atoms with E-state index in [2.05, 4.69) is 10.6 Å². The SMILES string of the molecule is COc1cc(OC)cc(C(=O)NC23CC(NC(=O)COc4ccc(Cl)c(F)c4)(C2)C3)c1. The van der Waals surface area contributed by atoms with Crippen LogP contribution in [0.3, 0.4) is 0 Å². The molecular formula is C22H22ClFN2O5. The Morgan fingerprint density at radius 1 is 0.968 bits per heavy atom. The molecule has 0 aromatic heterocycles. The zero-order valence-corrected chi connectivity index (χ0v) is 17.8. The fourth-order valence-electron chi connectivity index (χ4n) is 4.35. The van der Waals surface area contributed by atoms with E-state index in [1.165, 1.54) is 26.4 Å². The van der Waals surface area contributed by atoms with Crippen molar-refractivity contribution in [3.8, 4) is 17.2 Å². The highest BCUT2D eigenvalue weighted by Gasteiger charge is 2.69. The number of hydrogen-bond acceptors (Lipinski definition) is 5. The molecule has 3 fully saturated rings. The van der Waals surface area contributed by atoms with Gasteiger partial charge in [0.25, 0.3) is 11.8 Å². The molecule has 3 aliphatic carbocycles. The van der Waals surface area contributed by atoms with Gasteiger partial charge in [0.15, 0.2) is 6.61 Å². The standard InChI is InChI=1S/C22H22ClFN2O5/c1-29-15-5-13(6-16(7-15)30-2)20(28)26-22-10-21(11-22,12-22)25-19(27)9-31-14-3-4-17(23)18(24)8-14/h3-8H,9-12H2,1-2H3,(H,25,27)(H,26,28). The Bertz CT molecular complexity index is 1000. The zero-order valence-electron chi connectivity index (χ0n) is 17.1. The van der Waals surface area contributed by atoms with Gasteiger partial charge in [0.05, 0.1) is 19.2 Å². The van der Waals surface area contributed by atoms with Gasteiger partial charge in [-0.1, -0.05) is 11.6 Å². The van der Waals surface area contributed by atoms with Crippen LogP contribution in [0.1, 0.15) is 29.6 Å². The maximum atomic E-state index is 13.4. The first-order valence-electron chi connectivity index (χ1n) is 9.70. The molecule has 7 nitrogen and oxygen atoms in total. The third kappa shape index (κ3) is 4.25. The van der Waals surface area contributed by atoms with Crippen molar-refractivity contribution in [1.29, 1.82) is 0 Å². The van der Waals surface area contributed by atoms with Crippen LogP contribution in [-0.2, 0) is 4.79 Å². The van der Waals surface area contributed by atoms with Crippen molar-refractivity contribution in [3.05, 3.63) is 52.8 Å². The molecule has 3 aliphatic rings. The Labute approximate surface area is 183 Å². The summed E-state index contributed by atoms with van der Waals surface area (Å²) in [6.07, 6.45) is 1.94. The lowest BCUT2D eigenvalue weighted by Crippen LogP contribution is -2.84. The predicted molar refractivity (Wildman–Crippen MR) is 111 cm³/mol. The molecule has 5 rings (SSSR count). The molecule has 2 bridgehead atoms. The van der Waals surface area contributed by atoms with Crippen LogP contribution < -0.4 is 24.8 Å². The molecule has 2 aromatic carbocycles. The van der Waals surface area contributed by atoms with Gasteiger partial charge in [0.2, 0.25) is 0 Å². The van der Waals surface area contributed by atoms with E-state index in [4.69, 9.17) is 25.8 Å². The van der Waals surface area contributed by atoms with Crippen LogP contribution in [0.4, 0.5) is 4.39 Å². The molecule has 0 radical (unpaired) electrons. The molecule has 31 heavy (non-hydrogen) atoms. The molecule has 0 heterocycles. The predicted octanol–water partition coefficient (Wildman–Crippen LogP) is 3.10. The fraction of sp³-hybridized carbons (Fsp3) is 0.364. The summed E-state index contributed by atoms with van der Waals surface area (Å²) >= 11 is 5.63. The van der Waals surface area contributed by atoms with Gasteiger partial charge >= 0.3 is 0 Å². The highest BCUT2D eigenvalue weighted by Crippen LogP contribution is 2.60. The third-order valence-electron chi connectivity index (χ3n) is 5.69. The summed E-state index contributed by atoms with van der Waals surface area (Å²) in [5.41, 5.74) is -0.200. The smallest absolute Gasteiger partial charge is 0.258 e. The van der Waals surface area contributed by atoms with E-state index in [-0.39, 0.29) is 40.3 Å². The van der Waals surface area contributed by atoms with Crippen molar-refractivity contribution in [2.24, 2.45) is 0 Å². The molecule has 2 amide bonds. The molecule has 0 aliphatic heterocycles. The highest BCUT2D eigenvalue weighted by molar-refractivity contribution is 6.30. The van der Waals surface area contributed by atoms with Gasteiger partial charge in [-0.2, -0.15) is 0 Å². The van der Waals surface area contributed by atoms with Crippen molar-refractivity contribution in [3.63, 3.8) is 0 Å². The van der Waals surface area contributed by atoms with E-state index in [0.29, 0.717) is 36.3 Å². The summed E-state index contributed by atoms with van der Waals surface area (Å²) in [4.78, 5) is 24.9. The second-order valence-electron chi connectivity index (χ2n) is 8.06. The number of rotatable bonds is 8. The normalized spacial score (nSPS) is 23.1. The maximum Gasteiger partial charge on any atom is 0.258 e. The van der Waals surface area contributed by atoms with Gasteiger partial charge in [-0.25, -0.2) is 4.39 Å². The Balaban J connectivity index is 1.27. The van der Waals surface area contributed by atoms with Crippen LogP contribution in [0.25, 0.3) is 0 Å². The maximum absolute atomic E-state index is 13.4. The van der Waals surface area contributed by atoms with Crippen LogP contribution >= 0.6 is 11.6 Å². The number of benzene rings is 2. The van der Waals surface area contributed by atoms with Crippen molar-refractivity contribution in [1.82, 2.24) is 10.6 Å². The van der Waals surface area contributed by atoms with E-state index >= 15 is 0 Å². The van der Waals surface area contributed by atoms with Gasteiger partial charge in [-0.15, -0.1) is 0 Å². The molecule has 3 saturated carbocycles. The number of ether oxygens (including phenoxy) is 3. The lowest BCUT2D eigenvalue weighted by atomic mass is 9.44. The summed E-state index contributed by atoms with van der Waals surface area (Å²) in [6.45, 7) is -0.230. The van der Waals surface area contributed by atoms with Crippen molar-refractivity contribution >= 4 is 23.4 Å². The number of amides is 2. The van der Waals surface area contributed by atoms with Gasteiger partial charge in [0, 0.05) is 28.8 Å². The minimum Gasteiger partial charge on any atom is -0.497 e. The van der Waals surface area contributed by atoms with Gasteiger partial charge < -0.3 is 24.8 Å². The van der Waals surface area contributed by atoms with E-state index in [0.717, 1.165) is 6.07 Å². The Morgan fingerprint density at radius 3 is 2.16 bits per heavy atom. The number of nitrogens with one attached hydrogen (secondary N) is 2. The molecular weight excluding hydrogens is 427 g/mol. The first-order valence-corrected chi connectivity index (χ1v) is 10.1. The molecule has 0 spiro atoms. The molecule has 0 saturated heterocycles. The number of halogens is 2. The largest absolute Gasteiger partial charge is 0.497 e. The minimum absolute atomic E-state index is 0.00889. The number of carbonyl (C=O) groups excluding carboxylic acids is 2. The summed E-state index contributed by atoms with van der Waals surface area (Å²) < 4.78 is 29.2. The van der Waals surface area contributed by atoms with Crippen LogP contribution in [0.2, 0.25) is 5.02 Å². The number of carbonyl (C=O) groups is 2. The zero-order chi connectivity index (χ0) is 22.2. The molecule has 2 aromatic rings. The highest BCUT2D eigenvalue weighted by atomic mass is 35.5. The summed E-state index contributed by atoms with van der Waals surface area (Å²) in [7, 11) is 3.05. The average Bonchev–Trinajstić information content (AvgIpc) is 2.71. The lowest BCUT2D eigenvalue weighted by Gasteiger charge is -2.70. The molecule has 2 N–H and O–H groups in total. The Morgan fingerprint density at radius 2 is 1.58 bits per heavy atom. The van der Waals surface area contributed by atoms with E-state index in [1.54, 1.807) is 18.2 Å². The molecule has 0 unspecified atom stereocenters. The summed E-state index contributed by atoms with van der Waals surface area (Å²) in [6, 6.07) is 9.00. The second kappa shape index (κ2) is 7.92. The first kappa shape index (κ1) is 21.2. The average molecular weight is 449 g/mol. The van der Waals surface area contributed by atoms with Crippen LogP contribution in [0.5, 0.6) is 17.2 Å². The monoisotopic (exact) mass is 448 g/mol. The fourth-order valence-corrected chi connectivity index (χ4v) is 4.47. The topological polar surface area (TPSA) is 85.9 Å². The van der Waals surface area contributed by atoms with Gasteiger partial charge in [0.1, 0.15) is 23.1 Å². The van der Waals surface area contributed by atoms with Crippen LogP contribution in [-0.4, -0.2) is 43.7 Å². The van der Waals surface area contributed by atoms with Crippen molar-refractivity contribution in [2.45, 2.75) is 30.3 Å². The van der Waals surface area contributed by atoms with E-state index < -0.39 is 5.82 Å². The van der Waals surface area contributed by atoms with Gasteiger partial charge in [-0.05, 0) is 43.5 Å². The van der Waals surface area contributed by atoms with Gasteiger partial charge in [-0.3, -0.25) is 9.59 Å². The van der Waals surface area contributed by atoms with Crippen LogP contribution in [0.15, 0.2) is 36.4 Å². The quantitative estimate of drug-likeness (QED) is 0.648. The first-order chi connectivity index (χ1) is 14.8. The van der Waals surface area contributed by atoms with E-state index in [1.807, 2.05) is 0 Å². The van der Waals surface area contributed by atoms with Crippen LogP contribution in [0, 0.1) is 5.82 Å². The minimum atomic E-state index is -0.606. The van der Waals surface area contributed by atoms with E-state index in [9.17, 15) is 14.0 Å². The number of methoxy groups -OCH3 is 2. The van der Waals surface area contributed by atoms with Crippen molar-refractivity contribution < 1.29 is 28.2 Å². The molecule has 164 valence electrons. The summed E-state index contributed by atoms with van der Waals surface area (Å²) in [5.74, 6) is 0.174. The lowest BCUT2D eigenvalue weighted by molar-refractivity contribution is -0.141. The Hall–Kier alpha value is -3.00. The number of hydrogen-bond donors (Lipinski definition) is 2.